The van der Waals surface area contributed by atoms with Gasteiger partial charge in [-0.15, -0.1) is 0 Å². The maximum Gasteiger partial charge on any atom is 0.0979 e. The minimum Gasteiger partial charge on any atom is -0.309 e. The van der Waals surface area contributed by atoms with Gasteiger partial charge in [0.1, 0.15) is 0 Å². The van der Waals surface area contributed by atoms with Gasteiger partial charge in [-0.25, -0.2) is 4.98 Å². The van der Waals surface area contributed by atoms with Crippen molar-refractivity contribution >= 4 is 97.5 Å². The summed E-state index contributed by atoms with van der Waals surface area (Å²) in [6.45, 7) is 0. The minimum absolute atomic E-state index is 0.862. The van der Waals surface area contributed by atoms with E-state index in [1.807, 2.05) is 6.20 Å². The molecule has 16 aromatic rings. The van der Waals surface area contributed by atoms with Crippen molar-refractivity contribution in [2.75, 3.05) is 0 Å². The summed E-state index contributed by atoms with van der Waals surface area (Å²) in [7, 11) is 0. The summed E-state index contributed by atoms with van der Waals surface area (Å²) in [6.07, 6.45) is 1.95. The lowest BCUT2D eigenvalue weighted by molar-refractivity contribution is 1.18. The first kappa shape index (κ1) is 43.2. The number of benzene rings is 14. The summed E-state index contributed by atoms with van der Waals surface area (Å²) in [5.74, 6) is 0. The fourth-order valence-corrected chi connectivity index (χ4v) is 12.8. The van der Waals surface area contributed by atoms with Crippen LogP contribution >= 0.6 is 0 Å². The Morgan fingerprint density at radius 3 is 1.08 bits per heavy atom. The molecular weight excluding hydrogens is 931 g/mol. The molecule has 0 unspecified atom stereocenters. The van der Waals surface area contributed by atoms with E-state index in [4.69, 9.17) is 9.97 Å². The zero-order chi connectivity index (χ0) is 50.6. The number of rotatable bonds is 6. The molecule has 356 valence electrons. The fourth-order valence-electron chi connectivity index (χ4n) is 12.8. The van der Waals surface area contributed by atoms with Crippen LogP contribution < -0.4 is 0 Å². The monoisotopic (exact) mass is 975 g/mol. The van der Waals surface area contributed by atoms with Crippen molar-refractivity contribution in [3.05, 3.63) is 273 Å². The predicted octanol–water partition coefficient (Wildman–Crippen LogP) is 20.0. The topological polar surface area (TPSA) is 30.7 Å². The molecule has 0 saturated heterocycles. The van der Waals surface area contributed by atoms with E-state index in [1.54, 1.807) is 0 Å². The van der Waals surface area contributed by atoms with Crippen molar-refractivity contribution in [1.82, 2.24) is 14.5 Å². The van der Waals surface area contributed by atoms with Crippen LogP contribution in [0.2, 0.25) is 0 Å². The molecule has 0 aliphatic rings. The predicted molar refractivity (Wildman–Crippen MR) is 326 cm³/mol. The smallest absolute Gasteiger partial charge is 0.0979 e. The van der Waals surface area contributed by atoms with Gasteiger partial charge in [-0.05, 0) is 123 Å². The first-order chi connectivity index (χ1) is 38.2. The highest BCUT2D eigenvalue weighted by molar-refractivity contribution is 6.24. The standard InChI is InChI=1S/C74H45N3/c1-2-18-47(19-3-1)77-71-33-17-16-30-66(71)67-35-34-46(44-72(67)77)48-36-37-59(50-21-5-4-20-49(48)50)60-38-39-61(52-23-7-6-22-51(52)60)62-40-41-63(54-25-9-8-24-53(54)62)64-42-43-65(56-27-11-10-26-55(56)64)70-45-75-73-68-31-14-12-28-57(68)58-29-13-15-32-69(58)74(73)76-70/h1-45H. The Morgan fingerprint density at radius 2 is 0.584 bits per heavy atom. The third kappa shape index (κ3) is 6.64. The molecule has 0 fully saturated rings. The maximum absolute atomic E-state index is 5.42. The summed E-state index contributed by atoms with van der Waals surface area (Å²) in [5.41, 5.74) is 17.0. The van der Waals surface area contributed by atoms with E-state index in [2.05, 4.69) is 271 Å². The Morgan fingerprint density at radius 1 is 0.234 bits per heavy atom. The van der Waals surface area contributed by atoms with Gasteiger partial charge in [-0.1, -0.05) is 243 Å². The van der Waals surface area contributed by atoms with Gasteiger partial charge < -0.3 is 4.57 Å². The van der Waals surface area contributed by atoms with Crippen molar-refractivity contribution in [1.29, 1.82) is 0 Å². The first-order valence-electron chi connectivity index (χ1n) is 26.5. The molecule has 77 heavy (non-hydrogen) atoms. The molecule has 0 spiro atoms. The summed E-state index contributed by atoms with van der Waals surface area (Å²) >= 11 is 0. The van der Waals surface area contributed by atoms with E-state index in [0.29, 0.717) is 0 Å². The molecule has 0 aliphatic carbocycles. The zero-order valence-electron chi connectivity index (χ0n) is 41.8. The van der Waals surface area contributed by atoms with Crippen LogP contribution in [0.5, 0.6) is 0 Å². The van der Waals surface area contributed by atoms with Crippen LogP contribution in [0.15, 0.2) is 273 Å². The fraction of sp³-hybridized carbons (Fsp3) is 0. The highest BCUT2D eigenvalue weighted by atomic mass is 15.0. The minimum atomic E-state index is 0.862. The van der Waals surface area contributed by atoms with E-state index in [1.165, 1.54) is 115 Å². The van der Waals surface area contributed by atoms with Gasteiger partial charge in [-0.2, -0.15) is 0 Å². The molecule has 0 amide bonds. The molecule has 0 aliphatic heterocycles. The summed E-state index contributed by atoms with van der Waals surface area (Å²) < 4.78 is 2.40. The van der Waals surface area contributed by atoms with E-state index >= 15 is 0 Å². The van der Waals surface area contributed by atoms with Gasteiger partial charge in [0.2, 0.25) is 0 Å². The normalized spacial score (nSPS) is 11.9. The molecule has 3 nitrogen and oxygen atoms in total. The van der Waals surface area contributed by atoms with Crippen LogP contribution in [-0.2, 0) is 0 Å². The van der Waals surface area contributed by atoms with Crippen molar-refractivity contribution in [3.8, 4) is 61.5 Å². The molecule has 16 rings (SSSR count). The maximum atomic E-state index is 5.42. The number of fused-ring (bicyclic) bond motifs is 13. The second-order valence-corrected chi connectivity index (χ2v) is 20.3. The van der Waals surface area contributed by atoms with Gasteiger partial charge in [0.15, 0.2) is 0 Å². The van der Waals surface area contributed by atoms with Gasteiger partial charge in [0.05, 0.1) is 34.0 Å². The molecular formula is C74H45N3. The Balaban J connectivity index is 0.806. The zero-order valence-corrected chi connectivity index (χ0v) is 41.8. The van der Waals surface area contributed by atoms with Gasteiger partial charge >= 0.3 is 0 Å². The average molecular weight is 976 g/mol. The average Bonchev–Trinajstić information content (AvgIpc) is 3.87. The first-order valence-corrected chi connectivity index (χ1v) is 26.5. The Hall–Kier alpha value is -10.2. The van der Waals surface area contributed by atoms with Crippen LogP contribution in [0, 0.1) is 0 Å². The van der Waals surface area contributed by atoms with Crippen molar-refractivity contribution in [2.24, 2.45) is 0 Å². The quantitative estimate of drug-likeness (QED) is 0.155. The molecule has 14 aromatic carbocycles. The molecule has 0 saturated carbocycles. The van der Waals surface area contributed by atoms with Crippen molar-refractivity contribution < 1.29 is 0 Å². The Labute approximate surface area is 444 Å². The number of hydrogen-bond donors (Lipinski definition) is 0. The lowest BCUT2D eigenvalue weighted by atomic mass is 9.85. The third-order valence-electron chi connectivity index (χ3n) is 16.3. The largest absolute Gasteiger partial charge is 0.309 e. The number of hydrogen-bond acceptors (Lipinski definition) is 2. The van der Waals surface area contributed by atoms with Crippen LogP contribution in [0.4, 0.5) is 0 Å². The molecule has 0 radical (unpaired) electrons. The van der Waals surface area contributed by atoms with E-state index in [9.17, 15) is 0 Å². The molecule has 0 bridgehead atoms. The van der Waals surface area contributed by atoms with Gasteiger partial charge in [0, 0.05) is 32.8 Å². The summed E-state index contributed by atoms with van der Waals surface area (Å²) in [6, 6.07) is 97.6. The van der Waals surface area contributed by atoms with Gasteiger partial charge in [0.25, 0.3) is 0 Å². The number of aromatic nitrogens is 3. The highest BCUT2D eigenvalue weighted by Crippen LogP contribution is 2.46. The lowest BCUT2D eigenvalue weighted by Gasteiger charge is -2.18. The second-order valence-electron chi connectivity index (χ2n) is 20.3. The van der Waals surface area contributed by atoms with E-state index < -0.39 is 0 Å². The van der Waals surface area contributed by atoms with Crippen molar-refractivity contribution in [2.45, 2.75) is 0 Å². The lowest BCUT2D eigenvalue weighted by Crippen LogP contribution is -1.94. The number of para-hydroxylation sites is 2. The highest BCUT2D eigenvalue weighted by Gasteiger charge is 2.20. The Kier molecular flexibility index (Phi) is 9.64. The SMILES string of the molecule is c1ccc(-n2c3ccccc3c3ccc(-c4ccc(-c5ccc(-c6ccc(-c7ccc(-c8cnc9c%10ccccc%10c%10ccccc%10c9n8)c8ccccc78)c7ccccc67)c6ccccc56)c5ccccc45)cc32)cc1. The summed E-state index contributed by atoms with van der Waals surface area (Å²) in [4.78, 5) is 10.6. The van der Waals surface area contributed by atoms with Crippen LogP contribution in [0.3, 0.4) is 0 Å². The van der Waals surface area contributed by atoms with Gasteiger partial charge in [-0.3, -0.25) is 4.98 Å². The van der Waals surface area contributed by atoms with Crippen LogP contribution in [-0.4, -0.2) is 14.5 Å². The van der Waals surface area contributed by atoms with Crippen LogP contribution in [0.1, 0.15) is 0 Å². The molecule has 0 atom stereocenters. The van der Waals surface area contributed by atoms with E-state index in [-0.39, 0.29) is 0 Å². The molecule has 0 N–H and O–H groups in total. The third-order valence-corrected chi connectivity index (χ3v) is 16.3. The van der Waals surface area contributed by atoms with Crippen LogP contribution in [0.25, 0.3) is 159 Å². The second kappa shape index (κ2) is 17.2. The van der Waals surface area contributed by atoms with E-state index in [0.717, 1.165) is 44.1 Å². The molecule has 2 heterocycles. The molecule has 2 aromatic heterocycles. The molecule has 3 heteroatoms. The Bertz CT molecular complexity index is 5070. The summed E-state index contributed by atoms with van der Waals surface area (Å²) in [5, 5.41) is 16.8. The number of nitrogens with zero attached hydrogens (tertiary/aromatic N) is 3. The van der Waals surface area contributed by atoms with Crippen molar-refractivity contribution in [3.63, 3.8) is 0 Å².